The van der Waals surface area contributed by atoms with Crippen molar-refractivity contribution in [2.45, 2.75) is 50.3 Å². The van der Waals surface area contributed by atoms with Crippen LogP contribution in [0, 0.1) is 0 Å². The Hall–Kier alpha value is 0.440. The third-order valence-electron chi connectivity index (χ3n) is 2.79. The molecule has 0 aliphatic carbocycles. The Morgan fingerprint density at radius 2 is 2.00 bits per heavy atom. The number of nitrogens with zero attached hydrogens (tertiary/aromatic N) is 1. The average molecular weight is 248 g/mol. The number of halogens is 1. The topological polar surface area (TPSA) is 3.24 Å². The van der Waals surface area contributed by atoms with Crippen molar-refractivity contribution >= 4 is 15.9 Å². The molecule has 1 heterocycles. The first-order valence-corrected chi connectivity index (χ1v) is 6.61. The van der Waals surface area contributed by atoms with Crippen LogP contribution in [0.4, 0.5) is 0 Å². The van der Waals surface area contributed by atoms with E-state index in [0.717, 1.165) is 4.83 Å². The zero-order valence-electron chi connectivity index (χ0n) is 8.77. The maximum atomic E-state index is 3.67. The van der Waals surface area contributed by atoms with Crippen LogP contribution in [-0.2, 0) is 0 Å². The van der Waals surface area contributed by atoms with Crippen LogP contribution in [0.1, 0.15) is 45.4 Å². The molecule has 0 N–H and O–H groups in total. The van der Waals surface area contributed by atoms with E-state index < -0.39 is 0 Å². The standard InChI is InChI=1S/C11H22BrN/c1-2-3-4-5-6-8-13-9-7-11(12)10-13/h11H,2-10H2,1H3. The van der Waals surface area contributed by atoms with Gasteiger partial charge in [-0.3, -0.25) is 0 Å². The molecule has 0 radical (unpaired) electrons. The van der Waals surface area contributed by atoms with Gasteiger partial charge in [-0.1, -0.05) is 48.5 Å². The summed E-state index contributed by atoms with van der Waals surface area (Å²) in [5.74, 6) is 0. The van der Waals surface area contributed by atoms with Gasteiger partial charge < -0.3 is 4.90 Å². The van der Waals surface area contributed by atoms with Gasteiger partial charge in [-0.2, -0.15) is 0 Å². The third kappa shape index (κ3) is 5.02. The van der Waals surface area contributed by atoms with Crippen LogP contribution in [0.25, 0.3) is 0 Å². The highest BCUT2D eigenvalue weighted by Crippen LogP contribution is 2.17. The van der Waals surface area contributed by atoms with Gasteiger partial charge in [0.05, 0.1) is 0 Å². The third-order valence-corrected chi connectivity index (χ3v) is 3.54. The lowest BCUT2D eigenvalue weighted by Crippen LogP contribution is -2.21. The predicted molar refractivity (Wildman–Crippen MR) is 62.5 cm³/mol. The van der Waals surface area contributed by atoms with Crippen LogP contribution in [0.15, 0.2) is 0 Å². The number of alkyl halides is 1. The Labute approximate surface area is 91.0 Å². The van der Waals surface area contributed by atoms with Crippen LogP contribution in [0.5, 0.6) is 0 Å². The average Bonchev–Trinajstić information content (AvgIpc) is 2.51. The molecular formula is C11H22BrN. The molecule has 78 valence electrons. The van der Waals surface area contributed by atoms with Gasteiger partial charge in [-0.05, 0) is 25.9 Å². The van der Waals surface area contributed by atoms with E-state index in [4.69, 9.17) is 0 Å². The molecule has 0 aromatic carbocycles. The summed E-state index contributed by atoms with van der Waals surface area (Å²) in [5, 5.41) is 0. The fourth-order valence-corrected chi connectivity index (χ4v) is 2.54. The zero-order chi connectivity index (χ0) is 9.52. The van der Waals surface area contributed by atoms with Gasteiger partial charge in [0.15, 0.2) is 0 Å². The summed E-state index contributed by atoms with van der Waals surface area (Å²) in [4.78, 5) is 3.36. The van der Waals surface area contributed by atoms with Gasteiger partial charge in [-0.15, -0.1) is 0 Å². The van der Waals surface area contributed by atoms with Crippen LogP contribution in [0.2, 0.25) is 0 Å². The minimum absolute atomic E-state index is 0.767. The Balaban J connectivity index is 1.88. The van der Waals surface area contributed by atoms with Crippen molar-refractivity contribution in [2.75, 3.05) is 19.6 Å². The first kappa shape index (κ1) is 11.5. The first-order chi connectivity index (χ1) is 6.33. The SMILES string of the molecule is CCCCCCCN1CCC(Br)C1. The summed E-state index contributed by atoms with van der Waals surface area (Å²) < 4.78 is 0. The molecule has 0 saturated carbocycles. The molecule has 0 bridgehead atoms. The minimum Gasteiger partial charge on any atom is -0.302 e. The molecular weight excluding hydrogens is 226 g/mol. The molecule has 1 rings (SSSR count). The number of unbranched alkanes of at least 4 members (excludes halogenated alkanes) is 4. The van der Waals surface area contributed by atoms with E-state index in [2.05, 4.69) is 27.8 Å². The Bertz CT molecular complexity index is 127. The fourth-order valence-electron chi connectivity index (χ4n) is 1.93. The lowest BCUT2D eigenvalue weighted by atomic mass is 10.1. The van der Waals surface area contributed by atoms with Crippen LogP contribution < -0.4 is 0 Å². The van der Waals surface area contributed by atoms with Gasteiger partial charge in [0.25, 0.3) is 0 Å². The predicted octanol–water partition coefficient (Wildman–Crippen LogP) is 3.43. The smallest absolute Gasteiger partial charge is 0.0285 e. The summed E-state index contributed by atoms with van der Waals surface area (Å²) in [6, 6.07) is 0. The van der Waals surface area contributed by atoms with Crippen molar-refractivity contribution in [3.8, 4) is 0 Å². The van der Waals surface area contributed by atoms with Crippen LogP contribution in [0.3, 0.4) is 0 Å². The number of hydrogen-bond acceptors (Lipinski definition) is 1. The molecule has 0 amide bonds. The quantitative estimate of drug-likeness (QED) is 0.514. The van der Waals surface area contributed by atoms with Crippen molar-refractivity contribution in [3.63, 3.8) is 0 Å². The molecule has 0 spiro atoms. The highest BCUT2D eigenvalue weighted by molar-refractivity contribution is 9.09. The molecule has 1 unspecified atom stereocenters. The van der Waals surface area contributed by atoms with Crippen molar-refractivity contribution in [1.82, 2.24) is 4.90 Å². The van der Waals surface area contributed by atoms with Gasteiger partial charge in [0.1, 0.15) is 0 Å². The number of hydrogen-bond donors (Lipinski definition) is 0. The van der Waals surface area contributed by atoms with E-state index in [1.54, 1.807) is 0 Å². The number of likely N-dealkylation sites (tertiary alicyclic amines) is 1. The molecule has 1 fully saturated rings. The summed E-state index contributed by atoms with van der Waals surface area (Å²) >= 11 is 3.67. The molecule has 0 aromatic rings. The number of rotatable bonds is 6. The van der Waals surface area contributed by atoms with E-state index in [0.29, 0.717) is 0 Å². The summed E-state index contributed by atoms with van der Waals surface area (Å²) in [7, 11) is 0. The monoisotopic (exact) mass is 247 g/mol. The summed E-state index contributed by atoms with van der Waals surface area (Å²) in [6.45, 7) is 6.18. The van der Waals surface area contributed by atoms with E-state index >= 15 is 0 Å². The summed E-state index contributed by atoms with van der Waals surface area (Å²) in [6.07, 6.45) is 8.38. The normalized spacial score (nSPS) is 24.0. The van der Waals surface area contributed by atoms with Gasteiger partial charge >= 0.3 is 0 Å². The molecule has 2 heteroatoms. The Kier molecular flexibility index (Phi) is 6.05. The second-order valence-corrected chi connectivity index (χ2v) is 5.40. The highest BCUT2D eigenvalue weighted by Gasteiger charge is 2.18. The lowest BCUT2D eigenvalue weighted by molar-refractivity contribution is 0.329. The summed E-state index contributed by atoms with van der Waals surface area (Å²) in [5.41, 5.74) is 0. The van der Waals surface area contributed by atoms with Gasteiger partial charge in [0, 0.05) is 11.4 Å². The van der Waals surface area contributed by atoms with Gasteiger partial charge in [-0.25, -0.2) is 0 Å². The van der Waals surface area contributed by atoms with E-state index in [9.17, 15) is 0 Å². The lowest BCUT2D eigenvalue weighted by Gasteiger charge is -2.14. The zero-order valence-corrected chi connectivity index (χ0v) is 10.4. The van der Waals surface area contributed by atoms with E-state index in [-0.39, 0.29) is 0 Å². The maximum Gasteiger partial charge on any atom is 0.0285 e. The van der Waals surface area contributed by atoms with Crippen molar-refractivity contribution in [1.29, 1.82) is 0 Å². The maximum absolute atomic E-state index is 3.67. The van der Waals surface area contributed by atoms with Crippen molar-refractivity contribution < 1.29 is 0 Å². The molecule has 1 aliphatic rings. The Morgan fingerprint density at radius 3 is 2.62 bits per heavy atom. The molecule has 1 aliphatic heterocycles. The molecule has 13 heavy (non-hydrogen) atoms. The van der Waals surface area contributed by atoms with Crippen molar-refractivity contribution in [2.24, 2.45) is 0 Å². The molecule has 1 saturated heterocycles. The largest absolute Gasteiger partial charge is 0.302 e. The van der Waals surface area contributed by atoms with Gasteiger partial charge in [0.2, 0.25) is 0 Å². The van der Waals surface area contributed by atoms with E-state index in [1.807, 2.05) is 0 Å². The molecule has 0 aromatic heterocycles. The second-order valence-electron chi connectivity index (χ2n) is 4.10. The first-order valence-electron chi connectivity index (χ1n) is 5.69. The molecule has 1 nitrogen and oxygen atoms in total. The highest BCUT2D eigenvalue weighted by atomic mass is 79.9. The van der Waals surface area contributed by atoms with Crippen molar-refractivity contribution in [3.05, 3.63) is 0 Å². The van der Waals surface area contributed by atoms with Crippen LogP contribution >= 0.6 is 15.9 Å². The second kappa shape index (κ2) is 6.83. The minimum atomic E-state index is 0.767. The molecule has 1 atom stereocenters. The Morgan fingerprint density at radius 1 is 1.23 bits per heavy atom. The van der Waals surface area contributed by atoms with Crippen LogP contribution in [-0.4, -0.2) is 29.4 Å². The fraction of sp³-hybridized carbons (Fsp3) is 1.00. The van der Waals surface area contributed by atoms with E-state index in [1.165, 1.54) is 58.2 Å².